The lowest BCUT2D eigenvalue weighted by Gasteiger charge is -2.30. The van der Waals surface area contributed by atoms with Crippen LogP contribution in [0.4, 0.5) is 11.4 Å². The van der Waals surface area contributed by atoms with Gasteiger partial charge in [-0.25, -0.2) is 0 Å². The van der Waals surface area contributed by atoms with Crippen LogP contribution in [0.25, 0.3) is 50.8 Å². The highest BCUT2D eigenvalue weighted by Crippen LogP contribution is 2.53. The Morgan fingerprint density at radius 1 is 0.684 bits per heavy atom. The molecule has 272 valence electrons. The summed E-state index contributed by atoms with van der Waals surface area (Å²) in [6.07, 6.45) is 21.7. The van der Waals surface area contributed by atoms with Crippen molar-refractivity contribution in [3.8, 4) is 28.1 Å². The second-order valence-corrected chi connectivity index (χ2v) is 15.8. The number of fused-ring (bicyclic) bond motifs is 8. The number of hydrogen-bond acceptors (Lipinski definition) is 4. The molecule has 5 nitrogen and oxygen atoms in total. The molecule has 57 heavy (non-hydrogen) atoms. The van der Waals surface area contributed by atoms with Crippen LogP contribution in [0.1, 0.15) is 46.8 Å². The van der Waals surface area contributed by atoms with E-state index in [4.69, 9.17) is 15.0 Å². The molecule has 0 saturated heterocycles. The van der Waals surface area contributed by atoms with Crippen LogP contribution in [0.3, 0.4) is 0 Å². The van der Waals surface area contributed by atoms with E-state index in [0.29, 0.717) is 5.92 Å². The van der Waals surface area contributed by atoms with Crippen LogP contribution in [-0.4, -0.2) is 26.8 Å². The fourth-order valence-corrected chi connectivity index (χ4v) is 10.3. The third-order valence-corrected chi connectivity index (χ3v) is 12.8. The Morgan fingerprint density at radius 2 is 1.54 bits per heavy atom. The Labute approximate surface area is 332 Å². The first kappa shape index (κ1) is 32.4. The van der Waals surface area contributed by atoms with Crippen LogP contribution in [0.5, 0.6) is 0 Å². The summed E-state index contributed by atoms with van der Waals surface area (Å²) in [5.41, 5.74) is 21.8. The lowest BCUT2D eigenvalue weighted by atomic mass is 9.80. The van der Waals surface area contributed by atoms with Crippen molar-refractivity contribution in [3.05, 3.63) is 197 Å². The smallest absolute Gasteiger partial charge is 0.101 e. The molecule has 0 radical (unpaired) electrons. The minimum absolute atomic E-state index is 0.0292. The maximum absolute atomic E-state index is 5.11. The average Bonchev–Trinajstić information content (AvgIpc) is 3.94. The van der Waals surface area contributed by atoms with Gasteiger partial charge >= 0.3 is 0 Å². The van der Waals surface area contributed by atoms with Gasteiger partial charge in [-0.3, -0.25) is 15.0 Å². The number of benzene rings is 4. The van der Waals surface area contributed by atoms with E-state index in [9.17, 15) is 0 Å². The first-order valence-electron chi connectivity index (χ1n) is 20.2. The maximum Gasteiger partial charge on any atom is 0.101 e. The minimum Gasteiger partial charge on any atom is -0.331 e. The van der Waals surface area contributed by atoms with E-state index in [1.807, 2.05) is 24.7 Å². The molecule has 0 bridgehead atoms. The second kappa shape index (κ2) is 12.9. The molecule has 0 saturated carbocycles. The second-order valence-electron chi connectivity index (χ2n) is 15.8. The number of aromatic nitrogens is 3. The highest BCUT2D eigenvalue weighted by atomic mass is 15.2. The van der Waals surface area contributed by atoms with E-state index >= 15 is 0 Å². The zero-order valence-electron chi connectivity index (χ0n) is 31.5. The van der Waals surface area contributed by atoms with E-state index in [2.05, 4.69) is 155 Å². The lowest BCUT2D eigenvalue weighted by Crippen LogP contribution is -2.29. The Balaban J connectivity index is 0.888. The summed E-state index contributed by atoms with van der Waals surface area (Å²) in [6, 6.07) is 43.8. The van der Waals surface area contributed by atoms with Crippen LogP contribution in [0.15, 0.2) is 174 Å². The molecule has 7 aromatic rings. The van der Waals surface area contributed by atoms with Gasteiger partial charge in [-0.05, 0) is 113 Å². The molecule has 5 aliphatic rings. The van der Waals surface area contributed by atoms with Gasteiger partial charge in [-0.2, -0.15) is 0 Å². The fourth-order valence-electron chi connectivity index (χ4n) is 10.3. The van der Waals surface area contributed by atoms with Gasteiger partial charge in [0.05, 0.1) is 22.8 Å². The number of pyridine rings is 2. The van der Waals surface area contributed by atoms with Gasteiger partial charge < -0.3 is 9.47 Å². The van der Waals surface area contributed by atoms with Gasteiger partial charge in [0.1, 0.15) is 6.04 Å². The molecular weight excluding hydrogens is 695 g/mol. The molecular formula is C52H39N5. The normalized spacial score (nSPS) is 20.0. The van der Waals surface area contributed by atoms with Crippen LogP contribution >= 0.6 is 0 Å². The Morgan fingerprint density at radius 3 is 2.46 bits per heavy atom. The topological polar surface area (TPSA) is 46.3 Å². The molecule has 5 heteroatoms. The lowest BCUT2D eigenvalue weighted by molar-refractivity contribution is 0.666. The number of aliphatic imine (C=N–C) groups is 1. The van der Waals surface area contributed by atoms with E-state index in [-0.39, 0.29) is 12.1 Å². The van der Waals surface area contributed by atoms with Crippen molar-refractivity contribution in [1.29, 1.82) is 0 Å². The standard InChI is InChI=1S/C52H39N5/c1-2-11-37(12-3-1)56-47-24-22-34(30-43(47)51-49(56)18-9-27-54-51)33-20-21-36-31-42-39(41(36)29-33)15-8-17-46(42)57-48-25-23-35(32-44(48)52-50(57)19-10-28-55-52)38-13-4-5-14-40(38)45-16-6-7-26-53-45/h1-21,23,25-28,30,32-33,50,52H,22,24,29,31H2. The number of dihydropyridines is 1. The van der Waals surface area contributed by atoms with Crippen molar-refractivity contribution in [2.24, 2.45) is 10.9 Å². The molecule has 3 unspecified atom stereocenters. The van der Waals surface area contributed by atoms with Gasteiger partial charge in [-0.15, -0.1) is 0 Å². The quantitative estimate of drug-likeness (QED) is 0.177. The molecule has 3 atom stereocenters. The van der Waals surface area contributed by atoms with Gasteiger partial charge in [0.2, 0.25) is 0 Å². The summed E-state index contributed by atoms with van der Waals surface area (Å²) in [5.74, 6) is 0.366. The maximum atomic E-state index is 5.11. The predicted molar refractivity (Wildman–Crippen MR) is 233 cm³/mol. The van der Waals surface area contributed by atoms with Crippen LogP contribution in [0.2, 0.25) is 0 Å². The molecule has 0 N–H and O–H groups in total. The molecule has 0 amide bonds. The summed E-state index contributed by atoms with van der Waals surface area (Å²) in [4.78, 5) is 17.3. The third-order valence-electron chi connectivity index (χ3n) is 12.8. The number of nitrogens with zero attached hydrogens (tertiary/aromatic N) is 5. The summed E-state index contributed by atoms with van der Waals surface area (Å²) < 4.78 is 2.42. The van der Waals surface area contributed by atoms with Crippen molar-refractivity contribution in [3.63, 3.8) is 0 Å². The van der Waals surface area contributed by atoms with Crippen molar-refractivity contribution in [2.45, 2.75) is 37.8 Å². The van der Waals surface area contributed by atoms with Gasteiger partial charge in [0, 0.05) is 70.4 Å². The molecule has 4 aromatic carbocycles. The minimum atomic E-state index is 0.0292. The van der Waals surface area contributed by atoms with E-state index in [0.717, 1.165) is 42.5 Å². The monoisotopic (exact) mass is 733 g/mol. The number of hydrogen-bond donors (Lipinski definition) is 0. The van der Waals surface area contributed by atoms with Crippen molar-refractivity contribution in [1.82, 2.24) is 14.5 Å². The van der Waals surface area contributed by atoms with E-state index in [1.165, 1.54) is 78.4 Å². The Hall–Kier alpha value is -6.85. The molecule has 3 aromatic heterocycles. The summed E-state index contributed by atoms with van der Waals surface area (Å²) in [7, 11) is 0. The Kier molecular flexibility index (Phi) is 7.31. The van der Waals surface area contributed by atoms with Crippen molar-refractivity contribution >= 4 is 40.3 Å². The third kappa shape index (κ3) is 5.05. The Bertz CT molecular complexity index is 2930. The highest BCUT2D eigenvalue weighted by Gasteiger charge is 2.41. The number of anilines is 2. The van der Waals surface area contributed by atoms with E-state index in [1.54, 1.807) is 0 Å². The van der Waals surface area contributed by atoms with Gasteiger partial charge in [0.15, 0.2) is 0 Å². The number of para-hydroxylation sites is 1. The molecule has 0 fully saturated rings. The summed E-state index contributed by atoms with van der Waals surface area (Å²) in [6.45, 7) is 0. The van der Waals surface area contributed by atoms with Crippen LogP contribution in [-0.2, 0) is 12.8 Å². The first-order valence-corrected chi connectivity index (χ1v) is 20.2. The van der Waals surface area contributed by atoms with E-state index < -0.39 is 0 Å². The number of allylic oxidation sites excluding steroid dienone is 6. The van der Waals surface area contributed by atoms with Gasteiger partial charge in [0.25, 0.3) is 0 Å². The summed E-state index contributed by atoms with van der Waals surface area (Å²) >= 11 is 0. The molecule has 2 aliphatic heterocycles. The van der Waals surface area contributed by atoms with Crippen LogP contribution in [0, 0.1) is 5.92 Å². The average molecular weight is 734 g/mol. The largest absolute Gasteiger partial charge is 0.331 e. The highest BCUT2D eigenvalue weighted by molar-refractivity contribution is 5.92. The van der Waals surface area contributed by atoms with Crippen molar-refractivity contribution < 1.29 is 0 Å². The molecule has 0 spiro atoms. The zero-order chi connectivity index (χ0) is 37.5. The number of rotatable bonds is 5. The van der Waals surface area contributed by atoms with Gasteiger partial charge in [-0.1, -0.05) is 96.6 Å². The first-order chi connectivity index (χ1) is 28.3. The van der Waals surface area contributed by atoms with Crippen molar-refractivity contribution in [2.75, 3.05) is 4.90 Å². The zero-order valence-corrected chi connectivity index (χ0v) is 31.5. The molecule has 12 rings (SSSR count). The molecule has 3 aliphatic carbocycles. The fraction of sp³-hybridized carbons (Fsp3) is 0.135. The predicted octanol–water partition coefficient (Wildman–Crippen LogP) is 11.9. The summed E-state index contributed by atoms with van der Waals surface area (Å²) in [5, 5.41) is 0. The van der Waals surface area contributed by atoms with Crippen LogP contribution < -0.4 is 4.90 Å². The molecule has 5 heterocycles. The SMILES string of the molecule is C1=CC2C(N=C1)c1cc(-c3ccccc3-c3ccccn3)ccc1N2c1cccc2c1CC1=C2CC(C2=Cc3c(n(-c4ccccc4)c4cccnc34)CC2)C=C1.